The highest BCUT2D eigenvalue weighted by atomic mass is 15.2. The summed E-state index contributed by atoms with van der Waals surface area (Å²) in [6.07, 6.45) is 5.22. The summed E-state index contributed by atoms with van der Waals surface area (Å²) in [7, 11) is 0. The van der Waals surface area contributed by atoms with Gasteiger partial charge < -0.3 is 9.88 Å². The Morgan fingerprint density at radius 1 is 1.59 bits per heavy atom. The van der Waals surface area contributed by atoms with Crippen molar-refractivity contribution >= 4 is 0 Å². The molecule has 0 bridgehead atoms. The van der Waals surface area contributed by atoms with Gasteiger partial charge >= 0.3 is 0 Å². The lowest BCUT2D eigenvalue weighted by atomic mass is 10.2. The van der Waals surface area contributed by atoms with Crippen molar-refractivity contribution in [2.45, 2.75) is 45.8 Å². The highest BCUT2D eigenvalue weighted by Crippen LogP contribution is 2.15. The van der Waals surface area contributed by atoms with Crippen LogP contribution in [0.15, 0.2) is 12.5 Å². The van der Waals surface area contributed by atoms with E-state index in [0.717, 1.165) is 26.2 Å². The van der Waals surface area contributed by atoms with E-state index >= 15 is 0 Å². The summed E-state index contributed by atoms with van der Waals surface area (Å²) in [6.45, 7) is 11.1. The molecule has 1 N–H and O–H groups in total. The molecule has 0 aliphatic carbocycles. The molecular weight excluding hydrogens is 212 g/mol. The molecule has 2 rings (SSSR count). The summed E-state index contributed by atoms with van der Waals surface area (Å²) in [5.41, 5.74) is 1.33. The molecule has 0 spiro atoms. The summed E-state index contributed by atoms with van der Waals surface area (Å²) in [4.78, 5) is 6.83. The second-order valence-electron chi connectivity index (χ2n) is 5.10. The lowest BCUT2D eigenvalue weighted by Crippen LogP contribution is -2.36. The van der Waals surface area contributed by atoms with Gasteiger partial charge in [-0.3, -0.25) is 4.90 Å². The molecule has 1 unspecified atom stereocenters. The van der Waals surface area contributed by atoms with Crippen LogP contribution in [-0.4, -0.2) is 40.1 Å². The number of likely N-dealkylation sites (N-methyl/N-ethyl adjacent to an activating group) is 1. The van der Waals surface area contributed by atoms with Crippen LogP contribution in [-0.2, 0) is 6.54 Å². The van der Waals surface area contributed by atoms with Gasteiger partial charge in [0.1, 0.15) is 0 Å². The minimum absolute atomic E-state index is 0.493. The molecule has 1 fully saturated rings. The van der Waals surface area contributed by atoms with Crippen LogP contribution in [0.5, 0.6) is 0 Å². The molecule has 1 aromatic rings. The standard InChI is InChI=1S/C13H24N4/c1-4-16(12-5-6-14-7-12)9-13-8-15-10-17(13)11(2)3/h8,10-12,14H,4-7,9H2,1-3H3. The van der Waals surface area contributed by atoms with Crippen LogP contribution < -0.4 is 5.32 Å². The van der Waals surface area contributed by atoms with Crippen LogP contribution in [0.3, 0.4) is 0 Å². The minimum Gasteiger partial charge on any atom is -0.331 e. The fourth-order valence-electron chi connectivity index (χ4n) is 2.58. The third-order valence-electron chi connectivity index (χ3n) is 3.62. The van der Waals surface area contributed by atoms with Crippen molar-refractivity contribution in [2.24, 2.45) is 0 Å². The Hall–Kier alpha value is -0.870. The number of hydrogen-bond acceptors (Lipinski definition) is 3. The molecular formula is C13H24N4. The van der Waals surface area contributed by atoms with Crippen molar-refractivity contribution in [3.05, 3.63) is 18.2 Å². The monoisotopic (exact) mass is 236 g/mol. The van der Waals surface area contributed by atoms with E-state index in [2.05, 4.69) is 40.5 Å². The Balaban J connectivity index is 2.04. The first-order chi connectivity index (χ1) is 8.22. The van der Waals surface area contributed by atoms with Crippen molar-refractivity contribution in [1.29, 1.82) is 0 Å². The summed E-state index contributed by atoms with van der Waals surface area (Å²) in [5, 5.41) is 3.44. The van der Waals surface area contributed by atoms with Gasteiger partial charge in [0.2, 0.25) is 0 Å². The van der Waals surface area contributed by atoms with Gasteiger partial charge in [-0.25, -0.2) is 4.98 Å². The van der Waals surface area contributed by atoms with Crippen molar-refractivity contribution in [3.63, 3.8) is 0 Å². The SMILES string of the molecule is CCN(Cc1cncn1C(C)C)C1CCNC1. The number of aromatic nitrogens is 2. The van der Waals surface area contributed by atoms with E-state index in [0.29, 0.717) is 12.1 Å². The zero-order valence-corrected chi connectivity index (χ0v) is 11.2. The van der Waals surface area contributed by atoms with Gasteiger partial charge in [-0.2, -0.15) is 0 Å². The molecule has 0 amide bonds. The Kier molecular flexibility index (Phi) is 4.18. The normalized spacial score (nSPS) is 20.6. The van der Waals surface area contributed by atoms with Crippen LogP contribution in [0.25, 0.3) is 0 Å². The number of nitrogens with zero attached hydrogens (tertiary/aromatic N) is 3. The van der Waals surface area contributed by atoms with Gasteiger partial charge in [0.25, 0.3) is 0 Å². The molecule has 0 radical (unpaired) electrons. The molecule has 4 heteroatoms. The zero-order valence-electron chi connectivity index (χ0n) is 11.2. The van der Waals surface area contributed by atoms with Gasteiger partial charge in [-0.15, -0.1) is 0 Å². The fraction of sp³-hybridized carbons (Fsp3) is 0.769. The summed E-state index contributed by atoms with van der Waals surface area (Å²) < 4.78 is 2.27. The Bertz CT molecular complexity index is 339. The van der Waals surface area contributed by atoms with Crippen LogP contribution in [0.2, 0.25) is 0 Å². The van der Waals surface area contributed by atoms with Crippen LogP contribution >= 0.6 is 0 Å². The molecule has 1 aromatic heterocycles. The number of imidazole rings is 1. The van der Waals surface area contributed by atoms with Crippen LogP contribution in [0.1, 0.15) is 38.9 Å². The molecule has 96 valence electrons. The fourth-order valence-corrected chi connectivity index (χ4v) is 2.58. The Labute approximate surface area is 104 Å². The Morgan fingerprint density at radius 3 is 3.00 bits per heavy atom. The van der Waals surface area contributed by atoms with E-state index in [1.54, 1.807) is 0 Å². The highest BCUT2D eigenvalue weighted by molar-refractivity contribution is 5.00. The first-order valence-corrected chi connectivity index (χ1v) is 6.67. The van der Waals surface area contributed by atoms with Gasteiger partial charge in [-0.1, -0.05) is 6.92 Å². The zero-order chi connectivity index (χ0) is 12.3. The molecule has 17 heavy (non-hydrogen) atoms. The lowest BCUT2D eigenvalue weighted by molar-refractivity contribution is 0.204. The van der Waals surface area contributed by atoms with Crippen molar-refractivity contribution < 1.29 is 0 Å². The van der Waals surface area contributed by atoms with Crippen molar-refractivity contribution in [2.75, 3.05) is 19.6 Å². The van der Waals surface area contributed by atoms with Crippen molar-refractivity contribution in [1.82, 2.24) is 19.8 Å². The maximum absolute atomic E-state index is 4.28. The smallest absolute Gasteiger partial charge is 0.0951 e. The van der Waals surface area contributed by atoms with Crippen LogP contribution in [0, 0.1) is 0 Å². The summed E-state index contributed by atoms with van der Waals surface area (Å²) in [5.74, 6) is 0. The molecule has 1 saturated heterocycles. The Morgan fingerprint density at radius 2 is 2.41 bits per heavy atom. The third-order valence-corrected chi connectivity index (χ3v) is 3.62. The van der Waals surface area contributed by atoms with Crippen molar-refractivity contribution in [3.8, 4) is 0 Å². The van der Waals surface area contributed by atoms with E-state index in [1.807, 2.05) is 12.5 Å². The number of rotatable bonds is 5. The second kappa shape index (κ2) is 5.65. The molecule has 2 heterocycles. The van der Waals surface area contributed by atoms with E-state index in [4.69, 9.17) is 0 Å². The predicted molar refractivity (Wildman–Crippen MR) is 70.0 cm³/mol. The summed E-state index contributed by atoms with van der Waals surface area (Å²) in [6, 6.07) is 1.18. The first-order valence-electron chi connectivity index (χ1n) is 6.67. The average molecular weight is 236 g/mol. The molecule has 1 aliphatic heterocycles. The van der Waals surface area contributed by atoms with Gasteiger partial charge in [0.15, 0.2) is 0 Å². The molecule has 4 nitrogen and oxygen atoms in total. The lowest BCUT2D eigenvalue weighted by Gasteiger charge is -2.27. The molecule has 0 aromatic carbocycles. The molecule has 1 atom stereocenters. The second-order valence-corrected chi connectivity index (χ2v) is 5.10. The summed E-state index contributed by atoms with van der Waals surface area (Å²) >= 11 is 0. The quantitative estimate of drug-likeness (QED) is 0.844. The van der Waals surface area contributed by atoms with Gasteiger partial charge in [0.05, 0.1) is 12.0 Å². The topological polar surface area (TPSA) is 33.1 Å². The first kappa shape index (κ1) is 12.6. The average Bonchev–Trinajstić information content (AvgIpc) is 2.96. The van der Waals surface area contributed by atoms with E-state index < -0.39 is 0 Å². The predicted octanol–water partition coefficient (Wildman–Crippen LogP) is 1.65. The van der Waals surface area contributed by atoms with E-state index in [1.165, 1.54) is 12.1 Å². The number of nitrogens with one attached hydrogen (secondary N) is 1. The van der Waals surface area contributed by atoms with E-state index in [-0.39, 0.29) is 0 Å². The molecule has 0 saturated carbocycles. The molecule has 1 aliphatic rings. The van der Waals surface area contributed by atoms with Gasteiger partial charge in [-0.05, 0) is 33.4 Å². The third kappa shape index (κ3) is 2.87. The maximum Gasteiger partial charge on any atom is 0.0951 e. The largest absolute Gasteiger partial charge is 0.331 e. The number of hydrogen-bond donors (Lipinski definition) is 1. The maximum atomic E-state index is 4.28. The minimum atomic E-state index is 0.493. The highest BCUT2D eigenvalue weighted by Gasteiger charge is 2.22. The van der Waals surface area contributed by atoms with Gasteiger partial charge in [0, 0.05) is 31.4 Å². The van der Waals surface area contributed by atoms with Crippen LogP contribution in [0.4, 0.5) is 0 Å². The van der Waals surface area contributed by atoms with E-state index in [9.17, 15) is 0 Å².